The van der Waals surface area contributed by atoms with E-state index in [0.717, 1.165) is 22.7 Å². The van der Waals surface area contributed by atoms with Crippen LogP contribution in [0.1, 0.15) is 12.0 Å². The first-order valence-electron chi connectivity index (χ1n) is 8.24. The molecule has 0 bridgehead atoms. The van der Waals surface area contributed by atoms with Gasteiger partial charge in [-0.1, -0.05) is 35.5 Å². The summed E-state index contributed by atoms with van der Waals surface area (Å²) in [5.74, 6) is 0.550. The third-order valence-electron chi connectivity index (χ3n) is 4.19. The highest BCUT2D eigenvalue weighted by molar-refractivity contribution is 6.06. The lowest BCUT2D eigenvalue weighted by atomic mass is 10.0. The minimum absolute atomic E-state index is 0.217. The standard InChI is InChI=1S/C19H17N5O2/c1-24-12-20-22-18(24)14-7-9-15(10-8-14)21-19(25)17-11-16(23-26-17)13-5-3-2-4-6-13/h2-10,12,17H,11H2,1H3,(H,21,25). The van der Waals surface area contributed by atoms with E-state index in [2.05, 4.69) is 20.7 Å². The Kier molecular flexibility index (Phi) is 4.18. The van der Waals surface area contributed by atoms with Crippen LogP contribution in [0.15, 0.2) is 66.1 Å². The molecule has 1 aliphatic rings. The summed E-state index contributed by atoms with van der Waals surface area (Å²) in [4.78, 5) is 17.7. The molecule has 0 saturated heterocycles. The Balaban J connectivity index is 1.39. The van der Waals surface area contributed by atoms with Gasteiger partial charge in [0.15, 0.2) is 5.82 Å². The van der Waals surface area contributed by atoms with Gasteiger partial charge in [-0.15, -0.1) is 10.2 Å². The highest BCUT2D eigenvalue weighted by Gasteiger charge is 2.28. The Hall–Kier alpha value is -3.48. The van der Waals surface area contributed by atoms with Crippen molar-refractivity contribution in [1.82, 2.24) is 14.8 Å². The van der Waals surface area contributed by atoms with Gasteiger partial charge in [0.25, 0.3) is 5.91 Å². The third-order valence-corrected chi connectivity index (χ3v) is 4.19. The van der Waals surface area contributed by atoms with Gasteiger partial charge in [0.1, 0.15) is 6.33 Å². The van der Waals surface area contributed by atoms with E-state index >= 15 is 0 Å². The Morgan fingerprint density at radius 3 is 2.58 bits per heavy atom. The molecule has 7 nitrogen and oxygen atoms in total. The SMILES string of the molecule is Cn1cnnc1-c1ccc(NC(=O)C2CC(c3ccccc3)=NO2)cc1. The second kappa shape index (κ2) is 6.79. The van der Waals surface area contributed by atoms with Crippen LogP contribution in [0.5, 0.6) is 0 Å². The van der Waals surface area contributed by atoms with Gasteiger partial charge < -0.3 is 14.7 Å². The van der Waals surface area contributed by atoms with E-state index in [1.165, 1.54) is 0 Å². The van der Waals surface area contributed by atoms with Gasteiger partial charge in [-0.2, -0.15) is 0 Å². The van der Waals surface area contributed by atoms with Crippen LogP contribution in [0, 0.1) is 0 Å². The van der Waals surface area contributed by atoms with E-state index in [-0.39, 0.29) is 5.91 Å². The van der Waals surface area contributed by atoms with E-state index in [1.807, 2.05) is 66.2 Å². The fraction of sp³-hybridized carbons (Fsp3) is 0.158. The van der Waals surface area contributed by atoms with Crippen LogP contribution in [-0.2, 0) is 16.7 Å². The van der Waals surface area contributed by atoms with Gasteiger partial charge in [0.2, 0.25) is 6.10 Å². The maximum atomic E-state index is 12.4. The van der Waals surface area contributed by atoms with Crippen LogP contribution in [0.3, 0.4) is 0 Å². The molecule has 1 aromatic heterocycles. The fourth-order valence-electron chi connectivity index (χ4n) is 2.79. The number of aryl methyl sites for hydroxylation is 1. The molecule has 26 heavy (non-hydrogen) atoms. The highest BCUT2D eigenvalue weighted by Crippen LogP contribution is 2.21. The summed E-state index contributed by atoms with van der Waals surface area (Å²) >= 11 is 0. The van der Waals surface area contributed by atoms with Crippen molar-refractivity contribution in [3.8, 4) is 11.4 Å². The number of hydrogen-bond acceptors (Lipinski definition) is 5. The van der Waals surface area contributed by atoms with Crippen molar-refractivity contribution >= 4 is 17.3 Å². The average molecular weight is 347 g/mol. The molecule has 2 heterocycles. The summed E-state index contributed by atoms with van der Waals surface area (Å²) in [6, 6.07) is 17.2. The summed E-state index contributed by atoms with van der Waals surface area (Å²) in [6.07, 6.45) is 1.48. The van der Waals surface area contributed by atoms with Crippen LogP contribution in [-0.4, -0.2) is 32.5 Å². The van der Waals surface area contributed by atoms with Crippen LogP contribution in [0.2, 0.25) is 0 Å². The van der Waals surface area contributed by atoms with E-state index in [9.17, 15) is 4.79 Å². The zero-order chi connectivity index (χ0) is 17.9. The molecular formula is C19H17N5O2. The smallest absolute Gasteiger partial charge is 0.268 e. The second-order valence-corrected chi connectivity index (χ2v) is 6.03. The number of anilines is 1. The largest absolute Gasteiger partial charge is 0.382 e. The van der Waals surface area contributed by atoms with E-state index in [1.54, 1.807) is 6.33 Å². The number of benzene rings is 2. The number of rotatable bonds is 4. The number of oxime groups is 1. The van der Waals surface area contributed by atoms with Gasteiger partial charge in [-0.3, -0.25) is 4.79 Å². The average Bonchev–Trinajstić information content (AvgIpc) is 3.32. The molecule has 1 aliphatic heterocycles. The lowest BCUT2D eigenvalue weighted by Gasteiger charge is -2.10. The van der Waals surface area contributed by atoms with Crippen molar-refractivity contribution < 1.29 is 9.63 Å². The van der Waals surface area contributed by atoms with Crippen molar-refractivity contribution in [3.63, 3.8) is 0 Å². The van der Waals surface area contributed by atoms with Crippen LogP contribution in [0.25, 0.3) is 11.4 Å². The van der Waals surface area contributed by atoms with Crippen molar-refractivity contribution in [3.05, 3.63) is 66.5 Å². The molecule has 1 unspecified atom stereocenters. The van der Waals surface area contributed by atoms with Crippen molar-refractivity contribution in [2.24, 2.45) is 12.2 Å². The van der Waals surface area contributed by atoms with Crippen molar-refractivity contribution in [2.45, 2.75) is 12.5 Å². The lowest BCUT2D eigenvalue weighted by Crippen LogP contribution is -2.28. The van der Waals surface area contributed by atoms with Crippen molar-refractivity contribution in [1.29, 1.82) is 0 Å². The Labute approximate surface area is 150 Å². The monoisotopic (exact) mass is 347 g/mol. The topological polar surface area (TPSA) is 81.4 Å². The Bertz CT molecular complexity index is 948. The quantitative estimate of drug-likeness (QED) is 0.786. The minimum Gasteiger partial charge on any atom is -0.382 e. The van der Waals surface area contributed by atoms with E-state index in [0.29, 0.717) is 12.1 Å². The van der Waals surface area contributed by atoms with Gasteiger partial charge in [-0.05, 0) is 29.8 Å². The molecule has 0 saturated carbocycles. The molecule has 1 N–H and O–H groups in total. The summed E-state index contributed by atoms with van der Waals surface area (Å²) in [5, 5.41) is 14.8. The molecule has 1 atom stereocenters. The zero-order valence-corrected chi connectivity index (χ0v) is 14.2. The molecule has 4 rings (SSSR count). The number of carbonyl (C=O) groups is 1. The summed E-state index contributed by atoms with van der Waals surface area (Å²) < 4.78 is 1.84. The Morgan fingerprint density at radius 1 is 1.12 bits per heavy atom. The normalized spacial score (nSPS) is 16.0. The zero-order valence-electron chi connectivity index (χ0n) is 14.2. The molecule has 2 aromatic carbocycles. The molecule has 3 aromatic rings. The fourth-order valence-corrected chi connectivity index (χ4v) is 2.79. The highest BCUT2D eigenvalue weighted by atomic mass is 16.6. The first-order chi connectivity index (χ1) is 12.7. The number of amides is 1. The molecular weight excluding hydrogens is 330 g/mol. The number of nitrogens with zero attached hydrogens (tertiary/aromatic N) is 4. The van der Waals surface area contributed by atoms with Crippen LogP contribution in [0.4, 0.5) is 5.69 Å². The molecule has 0 radical (unpaired) electrons. The molecule has 0 fully saturated rings. The van der Waals surface area contributed by atoms with Gasteiger partial charge in [-0.25, -0.2) is 0 Å². The maximum absolute atomic E-state index is 12.4. The molecule has 130 valence electrons. The minimum atomic E-state index is -0.622. The van der Waals surface area contributed by atoms with Crippen molar-refractivity contribution in [2.75, 3.05) is 5.32 Å². The molecule has 0 spiro atoms. The number of aromatic nitrogens is 3. The van der Waals surface area contributed by atoms with Crippen LogP contribution < -0.4 is 5.32 Å². The second-order valence-electron chi connectivity index (χ2n) is 6.03. The molecule has 1 amide bonds. The molecule has 7 heteroatoms. The first-order valence-corrected chi connectivity index (χ1v) is 8.24. The summed E-state index contributed by atoms with van der Waals surface area (Å²) in [5.41, 5.74) is 3.37. The number of carbonyl (C=O) groups excluding carboxylic acids is 1. The Morgan fingerprint density at radius 2 is 1.88 bits per heavy atom. The van der Waals surface area contributed by atoms with E-state index in [4.69, 9.17) is 4.84 Å². The summed E-state index contributed by atoms with van der Waals surface area (Å²) in [7, 11) is 1.88. The maximum Gasteiger partial charge on any atom is 0.268 e. The summed E-state index contributed by atoms with van der Waals surface area (Å²) in [6.45, 7) is 0. The number of nitrogens with one attached hydrogen (secondary N) is 1. The van der Waals surface area contributed by atoms with Gasteiger partial charge >= 0.3 is 0 Å². The van der Waals surface area contributed by atoms with Gasteiger partial charge in [0.05, 0.1) is 5.71 Å². The predicted molar refractivity (Wildman–Crippen MR) is 97.5 cm³/mol. The number of hydrogen-bond donors (Lipinski definition) is 1. The predicted octanol–water partition coefficient (Wildman–Crippen LogP) is 2.61. The first kappa shape index (κ1) is 16.0. The van der Waals surface area contributed by atoms with Gasteiger partial charge in [0, 0.05) is 24.7 Å². The lowest BCUT2D eigenvalue weighted by molar-refractivity contribution is -0.125. The van der Waals surface area contributed by atoms with Crippen LogP contribution >= 0.6 is 0 Å². The van der Waals surface area contributed by atoms with E-state index < -0.39 is 6.10 Å². The molecule has 0 aliphatic carbocycles. The third kappa shape index (κ3) is 3.19.